The average Bonchev–Trinajstić information content (AvgIpc) is 3.59. The summed E-state index contributed by atoms with van der Waals surface area (Å²) in [6.45, 7) is 3.58. The minimum Gasteiger partial charge on any atom is -0.497 e. The lowest BCUT2D eigenvalue weighted by molar-refractivity contribution is -0.139. The molecule has 1 aliphatic rings. The largest absolute Gasteiger partial charge is 0.497 e. The highest BCUT2D eigenvalue weighted by atomic mass is 32.1. The number of hydrogen-bond acceptors (Lipinski definition) is 10. The number of allylic oxidation sites excluding steroid dienone is 1. The van der Waals surface area contributed by atoms with Crippen LogP contribution < -0.4 is 24.4 Å². The summed E-state index contributed by atoms with van der Waals surface area (Å²) >= 11 is 1.16. The normalized spacial score (nSPS) is 14.7. The number of aromatic nitrogens is 1. The molecule has 42 heavy (non-hydrogen) atoms. The molecule has 4 aromatic rings. The van der Waals surface area contributed by atoms with Gasteiger partial charge in [0.05, 0.1) is 49.3 Å². The number of methoxy groups -OCH3 is 3. The lowest BCUT2D eigenvalue weighted by Gasteiger charge is -2.26. The Balaban J connectivity index is 1.67. The van der Waals surface area contributed by atoms with Crippen molar-refractivity contribution in [3.05, 3.63) is 102 Å². The minimum atomic E-state index is -0.883. The van der Waals surface area contributed by atoms with Crippen LogP contribution in [0.25, 0.3) is 17.4 Å². The van der Waals surface area contributed by atoms with Gasteiger partial charge in [-0.15, -0.1) is 0 Å². The van der Waals surface area contributed by atoms with E-state index in [1.165, 1.54) is 25.9 Å². The number of fused-ring (bicyclic) bond motifs is 1. The highest BCUT2D eigenvalue weighted by Crippen LogP contribution is 2.38. The van der Waals surface area contributed by atoms with Crippen molar-refractivity contribution in [2.75, 3.05) is 27.9 Å². The fourth-order valence-electron chi connectivity index (χ4n) is 4.83. The second kappa shape index (κ2) is 11.9. The number of thiazole rings is 1. The first-order valence-electron chi connectivity index (χ1n) is 13.0. The van der Waals surface area contributed by atoms with Crippen molar-refractivity contribution < 1.29 is 33.0 Å². The Kier molecular flexibility index (Phi) is 8.12. The van der Waals surface area contributed by atoms with Gasteiger partial charge in [-0.3, -0.25) is 9.36 Å². The molecule has 0 N–H and O–H groups in total. The molecule has 0 fully saturated rings. The zero-order valence-electron chi connectivity index (χ0n) is 23.6. The Labute approximate surface area is 244 Å². The molecular weight excluding hydrogens is 560 g/mol. The van der Waals surface area contributed by atoms with Crippen LogP contribution in [-0.2, 0) is 14.3 Å². The summed E-state index contributed by atoms with van der Waals surface area (Å²) in [5.74, 6) is 0.759. The number of rotatable bonds is 8. The molecule has 2 aromatic heterocycles. The van der Waals surface area contributed by atoms with E-state index in [2.05, 4.69) is 4.99 Å². The Morgan fingerprint density at radius 1 is 1.05 bits per heavy atom. The van der Waals surface area contributed by atoms with Gasteiger partial charge in [0.25, 0.3) is 5.56 Å². The smallest absolute Gasteiger partial charge is 0.338 e. The van der Waals surface area contributed by atoms with Gasteiger partial charge in [-0.1, -0.05) is 29.5 Å². The maximum atomic E-state index is 14.0. The molecule has 0 aliphatic carbocycles. The topological polar surface area (TPSA) is 119 Å². The van der Waals surface area contributed by atoms with Gasteiger partial charge < -0.3 is 23.4 Å². The van der Waals surface area contributed by atoms with Crippen molar-refractivity contribution in [1.82, 2.24) is 4.57 Å². The first-order valence-corrected chi connectivity index (χ1v) is 13.8. The van der Waals surface area contributed by atoms with E-state index in [1.54, 1.807) is 74.5 Å². The summed E-state index contributed by atoms with van der Waals surface area (Å²) in [4.78, 5) is 44.5. The van der Waals surface area contributed by atoms with Crippen LogP contribution in [-0.4, -0.2) is 44.4 Å². The van der Waals surface area contributed by atoms with E-state index in [0.29, 0.717) is 54.7 Å². The number of hydrogen-bond donors (Lipinski definition) is 0. The molecule has 3 heterocycles. The molecule has 0 amide bonds. The van der Waals surface area contributed by atoms with Crippen LogP contribution >= 0.6 is 11.3 Å². The quantitative estimate of drug-likeness (QED) is 0.285. The van der Waals surface area contributed by atoms with E-state index >= 15 is 0 Å². The van der Waals surface area contributed by atoms with Crippen LogP contribution in [0.2, 0.25) is 0 Å². The number of furan rings is 1. The highest BCUT2D eigenvalue weighted by Gasteiger charge is 2.35. The lowest BCUT2D eigenvalue weighted by Crippen LogP contribution is -2.40. The summed E-state index contributed by atoms with van der Waals surface area (Å²) in [6.07, 6.45) is 1.61. The number of esters is 2. The van der Waals surface area contributed by atoms with Gasteiger partial charge in [0, 0.05) is 17.2 Å². The van der Waals surface area contributed by atoms with Crippen molar-refractivity contribution in [1.29, 1.82) is 0 Å². The first kappa shape index (κ1) is 28.6. The molecule has 10 nitrogen and oxygen atoms in total. The highest BCUT2D eigenvalue weighted by molar-refractivity contribution is 7.07. The number of carbonyl (C=O) groups is 2. The van der Waals surface area contributed by atoms with Crippen LogP contribution in [0.1, 0.15) is 41.6 Å². The van der Waals surface area contributed by atoms with Gasteiger partial charge >= 0.3 is 11.9 Å². The average molecular weight is 589 g/mol. The summed E-state index contributed by atoms with van der Waals surface area (Å²) in [5.41, 5.74) is 1.73. The molecule has 0 unspecified atom stereocenters. The monoisotopic (exact) mass is 588 g/mol. The van der Waals surface area contributed by atoms with Crippen molar-refractivity contribution >= 4 is 29.4 Å². The fourth-order valence-corrected chi connectivity index (χ4v) is 5.86. The second-order valence-electron chi connectivity index (χ2n) is 9.15. The van der Waals surface area contributed by atoms with E-state index in [1.807, 2.05) is 0 Å². The number of ether oxygens (including phenoxy) is 4. The van der Waals surface area contributed by atoms with Gasteiger partial charge in [-0.2, -0.15) is 0 Å². The molecule has 5 rings (SSSR count). The van der Waals surface area contributed by atoms with Crippen molar-refractivity contribution in [2.24, 2.45) is 4.99 Å². The lowest BCUT2D eigenvalue weighted by atomic mass is 9.95. The molecule has 11 heteroatoms. The van der Waals surface area contributed by atoms with Crippen LogP contribution in [0.3, 0.4) is 0 Å². The fraction of sp³-hybridized carbons (Fsp3) is 0.226. The molecular formula is C31H28N2O8S. The Morgan fingerprint density at radius 2 is 1.83 bits per heavy atom. The summed E-state index contributed by atoms with van der Waals surface area (Å²) in [7, 11) is 4.36. The molecule has 0 spiro atoms. The molecule has 0 bridgehead atoms. The van der Waals surface area contributed by atoms with Crippen LogP contribution in [0, 0.1) is 0 Å². The molecule has 1 aliphatic heterocycles. The van der Waals surface area contributed by atoms with Crippen LogP contribution in [0.5, 0.6) is 11.5 Å². The van der Waals surface area contributed by atoms with E-state index in [4.69, 9.17) is 23.4 Å². The van der Waals surface area contributed by atoms with Gasteiger partial charge in [0.15, 0.2) is 4.80 Å². The summed E-state index contributed by atoms with van der Waals surface area (Å²) < 4.78 is 29.2. The van der Waals surface area contributed by atoms with Crippen LogP contribution in [0.4, 0.5) is 0 Å². The predicted molar refractivity (Wildman–Crippen MR) is 155 cm³/mol. The van der Waals surface area contributed by atoms with E-state index in [9.17, 15) is 14.4 Å². The van der Waals surface area contributed by atoms with Gasteiger partial charge in [0.1, 0.15) is 29.1 Å². The maximum absolute atomic E-state index is 14.0. The van der Waals surface area contributed by atoms with Gasteiger partial charge in [-0.25, -0.2) is 14.6 Å². The van der Waals surface area contributed by atoms with E-state index in [0.717, 1.165) is 11.3 Å². The van der Waals surface area contributed by atoms with Crippen molar-refractivity contribution in [3.63, 3.8) is 0 Å². The van der Waals surface area contributed by atoms with Gasteiger partial charge in [0.2, 0.25) is 0 Å². The molecule has 0 saturated heterocycles. The zero-order valence-corrected chi connectivity index (χ0v) is 24.4. The zero-order chi connectivity index (χ0) is 30.0. The number of nitrogens with zero attached hydrogens (tertiary/aromatic N) is 2. The maximum Gasteiger partial charge on any atom is 0.338 e. The van der Waals surface area contributed by atoms with Crippen molar-refractivity contribution in [2.45, 2.75) is 19.9 Å². The Bertz CT molecular complexity index is 1900. The standard InChI is InChI=1S/C31H28N2O8S/c1-6-40-30(36)26-17(2)32-31-33(27(26)22-15-18(37-3)11-13-23(22)38-4)28(34)25(42-31)16-19-12-14-24(41-19)20-9-7-8-10-21(20)29(35)39-5/h7-16,27H,6H2,1-5H3/b25-16-/t27-/m1/s1. The van der Waals surface area contributed by atoms with Crippen LogP contribution in [0.15, 0.2) is 80.1 Å². The Hall–Kier alpha value is -4.90. The first-order chi connectivity index (χ1) is 20.3. The SMILES string of the molecule is CCOC(=O)C1=C(C)N=c2s/c(=C\c3ccc(-c4ccccc4C(=O)OC)o3)c(=O)n2[C@@H]1c1cc(OC)ccc1OC. The second-order valence-corrected chi connectivity index (χ2v) is 10.2. The number of benzene rings is 2. The third-order valence-electron chi connectivity index (χ3n) is 6.75. The van der Waals surface area contributed by atoms with Crippen molar-refractivity contribution in [3.8, 4) is 22.8 Å². The minimum absolute atomic E-state index is 0.155. The Morgan fingerprint density at radius 3 is 2.55 bits per heavy atom. The van der Waals surface area contributed by atoms with E-state index in [-0.39, 0.29) is 17.7 Å². The third kappa shape index (κ3) is 5.14. The summed E-state index contributed by atoms with van der Waals surface area (Å²) in [6, 6.07) is 14.7. The van der Waals surface area contributed by atoms with Gasteiger partial charge in [-0.05, 0) is 50.2 Å². The molecule has 0 saturated carbocycles. The van der Waals surface area contributed by atoms with E-state index < -0.39 is 18.0 Å². The summed E-state index contributed by atoms with van der Waals surface area (Å²) in [5, 5.41) is 0. The number of carbonyl (C=O) groups excluding carboxylic acids is 2. The molecule has 2 aromatic carbocycles. The molecule has 0 radical (unpaired) electrons. The third-order valence-corrected chi connectivity index (χ3v) is 7.73. The molecule has 216 valence electrons. The molecule has 1 atom stereocenters. The predicted octanol–water partition coefficient (Wildman–Crippen LogP) is 3.86.